The molecule has 0 atom stereocenters. The first-order valence-electron chi connectivity index (χ1n) is 7.61. The molecule has 4 nitrogen and oxygen atoms in total. The number of rotatable bonds is 5. The summed E-state index contributed by atoms with van der Waals surface area (Å²) in [6.07, 6.45) is 1.89. The fourth-order valence-corrected chi connectivity index (χ4v) is 4.11. The van der Waals surface area contributed by atoms with Gasteiger partial charge in [0.15, 0.2) is 5.13 Å². The van der Waals surface area contributed by atoms with Crippen LogP contribution in [0.5, 0.6) is 0 Å². The minimum Gasteiger partial charge on any atom is -0.345 e. The Morgan fingerprint density at radius 1 is 1.38 bits per heavy atom. The topological polar surface area (TPSA) is 46.9 Å². The zero-order valence-electron chi connectivity index (χ0n) is 13.9. The lowest BCUT2D eigenvalue weighted by Gasteiger charge is -2.05. The number of anilines is 1. The second-order valence-corrected chi connectivity index (χ2v) is 7.73. The van der Waals surface area contributed by atoms with Crippen LogP contribution < -0.4 is 5.32 Å². The molecule has 0 unspecified atom stereocenters. The molecule has 1 N–H and O–H groups in total. The molecule has 3 heterocycles. The molecule has 0 aliphatic carbocycles. The standard InChI is InChI=1S/C18H19N3OS2/c1-5-8-21-11(2)9-14(13(21)4)15-10-23-18(19-15)20-17(22)16-7-6-12(3)24-16/h5-7,9-10H,1,8H2,2-4H3,(H,19,20,22). The summed E-state index contributed by atoms with van der Waals surface area (Å²) in [5.41, 5.74) is 4.32. The summed E-state index contributed by atoms with van der Waals surface area (Å²) in [7, 11) is 0. The quantitative estimate of drug-likeness (QED) is 0.651. The number of hydrogen-bond donors (Lipinski definition) is 1. The molecular formula is C18H19N3OS2. The molecule has 0 bridgehead atoms. The molecule has 3 aromatic heterocycles. The van der Waals surface area contributed by atoms with Crippen LogP contribution in [-0.2, 0) is 6.54 Å². The van der Waals surface area contributed by atoms with Crippen molar-refractivity contribution >= 4 is 33.7 Å². The summed E-state index contributed by atoms with van der Waals surface area (Å²) < 4.78 is 2.20. The highest BCUT2D eigenvalue weighted by Crippen LogP contribution is 2.30. The van der Waals surface area contributed by atoms with Crippen molar-refractivity contribution in [2.75, 3.05) is 5.32 Å². The Hall–Kier alpha value is -2.18. The Morgan fingerprint density at radius 3 is 2.83 bits per heavy atom. The molecule has 3 rings (SSSR count). The van der Waals surface area contributed by atoms with Crippen LogP contribution in [0.3, 0.4) is 0 Å². The van der Waals surface area contributed by atoms with Gasteiger partial charge in [-0.15, -0.1) is 29.3 Å². The van der Waals surface area contributed by atoms with Crippen LogP contribution in [0.25, 0.3) is 11.3 Å². The van der Waals surface area contributed by atoms with E-state index in [4.69, 9.17) is 0 Å². The van der Waals surface area contributed by atoms with Crippen molar-refractivity contribution in [1.82, 2.24) is 9.55 Å². The normalized spacial score (nSPS) is 10.8. The Balaban J connectivity index is 1.82. The van der Waals surface area contributed by atoms with E-state index in [1.807, 2.05) is 30.5 Å². The molecule has 0 aromatic carbocycles. The molecule has 0 spiro atoms. The van der Waals surface area contributed by atoms with Crippen LogP contribution in [0.15, 0.2) is 36.2 Å². The second kappa shape index (κ2) is 6.75. The molecule has 6 heteroatoms. The van der Waals surface area contributed by atoms with E-state index in [2.05, 4.69) is 41.4 Å². The van der Waals surface area contributed by atoms with Gasteiger partial charge in [0.2, 0.25) is 0 Å². The number of allylic oxidation sites excluding steroid dienone is 1. The molecule has 0 saturated carbocycles. The number of carbonyl (C=O) groups is 1. The lowest BCUT2D eigenvalue weighted by molar-refractivity contribution is 0.103. The van der Waals surface area contributed by atoms with Crippen LogP contribution in [0.2, 0.25) is 0 Å². The van der Waals surface area contributed by atoms with E-state index in [1.54, 1.807) is 0 Å². The van der Waals surface area contributed by atoms with Crippen molar-refractivity contribution < 1.29 is 4.79 Å². The third-order valence-electron chi connectivity index (χ3n) is 3.85. The first kappa shape index (κ1) is 16.7. The predicted molar refractivity (Wildman–Crippen MR) is 102 cm³/mol. The SMILES string of the molecule is C=CCn1c(C)cc(-c2csc(NC(=O)c3ccc(C)s3)n2)c1C. The van der Waals surface area contributed by atoms with Gasteiger partial charge in [-0.3, -0.25) is 10.1 Å². The molecule has 0 radical (unpaired) electrons. The molecular weight excluding hydrogens is 338 g/mol. The van der Waals surface area contributed by atoms with Crippen molar-refractivity contribution in [3.63, 3.8) is 0 Å². The van der Waals surface area contributed by atoms with Crippen molar-refractivity contribution in [2.24, 2.45) is 0 Å². The third-order valence-corrected chi connectivity index (χ3v) is 5.61. The van der Waals surface area contributed by atoms with Gasteiger partial charge >= 0.3 is 0 Å². The zero-order valence-corrected chi connectivity index (χ0v) is 15.6. The highest BCUT2D eigenvalue weighted by Gasteiger charge is 2.15. The molecule has 24 heavy (non-hydrogen) atoms. The van der Waals surface area contributed by atoms with Crippen molar-refractivity contribution in [3.8, 4) is 11.3 Å². The largest absolute Gasteiger partial charge is 0.345 e. The van der Waals surface area contributed by atoms with Crippen LogP contribution in [0.1, 0.15) is 25.9 Å². The third kappa shape index (κ3) is 3.20. The van der Waals surface area contributed by atoms with Gasteiger partial charge in [-0.05, 0) is 39.0 Å². The number of hydrogen-bond acceptors (Lipinski definition) is 4. The van der Waals surface area contributed by atoms with Gasteiger partial charge in [-0.25, -0.2) is 4.98 Å². The number of nitrogens with one attached hydrogen (secondary N) is 1. The van der Waals surface area contributed by atoms with Gasteiger partial charge in [0.05, 0.1) is 10.6 Å². The van der Waals surface area contributed by atoms with Gasteiger partial charge in [-0.1, -0.05) is 6.08 Å². The maximum Gasteiger partial charge on any atom is 0.267 e. The monoisotopic (exact) mass is 357 g/mol. The van der Waals surface area contributed by atoms with E-state index in [0.29, 0.717) is 10.0 Å². The van der Waals surface area contributed by atoms with Crippen LogP contribution in [0.4, 0.5) is 5.13 Å². The van der Waals surface area contributed by atoms with E-state index in [1.165, 1.54) is 28.4 Å². The summed E-state index contributed by atoms with van der Waals surface area (Å²) in [5, 5.41) is 5.49. The highest BCUT2D eigenvalue weighted by atomic mass is 32.1. The Bertz CT molecular complexity index is 901. The molecule has 0 aliphatic heterocycles. The van der Waals surface area contributed by atoms with Crippen molar-refractivity contribution in [2.45, 2.75) is 27.3 Å². The van der Waals surface area contributed by atoms with Crippen LogP contribution in [0, 0.1) is 20.8 Å². The maximum absolute atomic E-state index is 12.2. The van der Waals surface area contributed by atoms with E-state index in [0.717, 1.165) is 28.4 Å². The molecule has 1 amide bonds. The maximum atomic E-state index is 12.2. The number of thiazole rings is 1. The number of amides is 1. The van der Waals surface area contributed by atoms with Gasteiger partial charge in [0, 0.05) is 33.8 Å². The van der Waals surface area contributed by atoms with Gasteiger partial charge in [-0.2, -0.15) is 0 Å². The highest BCUT2D eigenvalue weighted by molar-refractivity contribution is 7.15. The lowest BCUT2D eigenvalue weighted by Crippen LogP contribution is -2.09. The van der Waals surface area contributed by atoms with E-state index >= 15 is 0 Å². The van der Waals surface area contributed by atoms with Crippen molar-refractivity contribution in [3.05, 3.63) is 57.4 Å². The number of aryl methyl sites for hydroxylation is 2. The summed E-state index contributed by atoms with van der Waals surface area (Å²) in [6, 6.07) is 5.91. The average molecular weight is 358 g/mol. The fourth-order valence-electron chi connectivity index (χ4n) is 2.64. The predicted octanol–water partition coefficient (Wildman–Crippen LogP) is 5.04. The van der Waals surface area contributed by atoms with E-state index < -0.39 is 0 Å². The van der Waals surface area contributed by atoms with E-state index in [-0.39, 0.29) is 5.91 Å². The summed E-state index contributed by atoms with van der Waals surface area (Å²) in [4.78, 5) is 18.6. The van der Waals surface area contributed by atoms with Gasteiger partial charge in [0.25, 0.3) is 5.91 Å². The molecule has 0 aliphatic rings. The minimum atomic E-state index is -0.105. The number of carbonyl (C=O) groups excluding carboxylic acids is 1. The number of nitrogens with zero attached hydrogens (tertiary/aromatic N) is 2. The Morgan fingerprint density at radius 2 is 2.17 bits per heavy atom. The minimum absolute atomic E-state index is 0.105. The summed E-state index contributed by atoms with van der Waals surface area (Å²) >= 11 is 2.93. The number of thiophene rings is 1. The van der Waals surface area contributed by atoms with Gasteiger partial charge in [0.1, 0.15) is 0 Å². The molecule has 3 aromatic rings. The first-order chi connectivity index (χ1) is 11.5. The lowest BCUT2D eigenvalue weighted by atomic mass is 10.2. The Kier molecular flexibility index (Phi) is 4.69. The average Bonchev–Trinajstić information content (AvgIpc) is 3.23. The Labute approximate surface area is 149 Å². The van der Waals surface area contributed by atoms with Crippen molar-refractivity contribution in [1.29, 1.82) is 0 Å². The molecule has 0 saturated heterocycles. The van der Waals surface area contributed by atoms with Crippen LogP contribution in [-0.4, -0.2) is 15.5 Å². The summed E-state index contributed by atoms with van der Waals surface area (Å²) in [5.74, 6) is -0.105. The number of aromatic nitrogens is 2. The smallest absolute Gasteiger partial charge is 0.267 e. The van der Waals surface area contributed by atoms with E-state index in [9.17, 15) is 4.79 Å². The molecule has 0 fully saturated rings. The fraction of sp³-hybridized carbons (Fsp3) is 0.222. The van der Waals surface area contributed by atoms with Gasteiger partial charge < -0.3 is 4.57 Å². The zero-order chi connectivity index (χ0) is 17.3. The molecule has 124 valence electrons. The van der Waals surface area contributed by atoms with Crippen LogP contribution >= 0.6 is 22.7 Å². The first-order valence-corrected chi connectivity index (χ1v) is 9.30. The summed E-state index contributed by atoms with van der Waals surface area (Å²) in [6.45, 7) is 10.7. The second-order valence-electron chi connectivity index (χ2n) is 5.59.